The summed E-state index contributed by atoms with van der Waals surface area (Å²) in [5, 5.41) is 7.79. The number of amides is 1. The summed E-state index contributed by atoms with van der Waals surface area (Å²) in [7, 11) is 1.93. The first-order valence-electron chi connectivity index (χ1n) is 8.44. The van der Waals surface area contributed by atoms with Crippen LogP contribution in [-0.4, -0.2) is 46.0 Å². The number of likely N-dealkylation sites (tertiary alicyclic amines) is 1. The summed E-state index contributed by atoms with van der Waals surface area (Å²) in [5.41, 5.74) is 0.785. The van der Waals surface area contributed by atoms with Gasteiger partial charge in [-0.2, -0.15) is 5.10 Å². The average Bonchev–Trinajstić information content (AvgIpc) is 2.90. The highest BCUT2D eigenvalue weighted by Gasteiger charge is 2.26. The number of nitrogens with zero attached hydrogens (tertiary/aromatic N) is 3. The van der Waals surface area contributed by atoms with E-state index in [9.17, 15) is 4.79 Å². The van der Waals surface area contributed by atoms with Gasteiger partial charge in [-0.05, 0) is 53.0 Å². The Kier molecular flexibility index (Phi) is 5.68. The Morgan fingerprint density at radius 2 is 2.09 bits per heavy atom. The van der Waals surface area contributed by atoms with Crippen molar-refractivity contribution in [1.82, 2.24) is 20.0 Å². The first-order valence-corrected chi connectivity index (χ1v) is 8.44. The van der Waals surface area contributed by atoms with Crippen molar-refractivity contribution >= 4 is 6.09 Å². The van der Waals surface area contributed by atoms with E-state index < -0.39 is 5.60 Å². The molecule has 2 heterocycles. The molecule has 1 amide bonds. The number of aryl methyl sites for hydroxylation is 1. The smallest absolute Gasteiger partial charge is 0.410 e. The third-order valence-electron chi connectivity index (χ3n) is 4.20. The lowest BCUT2D eigenvalue weighted by Gasteiger charge is -2.33. The Morgan fingerprint density at radius 1 is 1.43 bits per heavy atom. The predicted octanol–water partition coefficient (Wildman–Crippen LogP) is 2.72. The van der Waals surface area contributed by atoms with Crippen LogP contribution in [0.1, 0.15) is 52.1 Å². The average molecular weight is 322 g/mol. The van der Waals surface area contributed by atoms with Gasteiger partial charge in [-0.3, -0.25) is 4.68 Å². The molecule has 0 aromatic carbocycles. The summed E-state index contributed by atoms with van der Waals surface area (Å²) >= 11 is 0. The zero-order chi connectivity index (χ0) is 17.0. The zero-order valence-electron chi connectivity index (χ0n) is 15.0. The largest absolute Gasteiger partial charge is 0.444 e. The molecule has 1 aliphatic rings. The molecule has 1 aliphatic heterocycles. The van der Waals surface area contributed by atoms with Crippen LogP contribution in [0.2, 0.25) is 0 Å². The van der Waals surface area contributed by atoms with Crippen LogP contribution in [0.4, 0.5) is 4.79 Å². The third-order valence-corrected chi connectivity index (χ3v) is 4.20. The number of hydrogen-bond donors (Lipinski definition) is 1. The summed E-state index contributed by atoms with van der Waals surface area (Å²) < 4.78 is 7.26. The van der Waals surface area contributed by atoms with E-state index in [-0.39, 0.29) is 6.09 Å². The topological polar surface area (TPSA) is 59.4 Å². The quantitative estimate of drug-likeness (QED) is 0.926. The number of ether oxygens (including phenoxy) is 1. The molecule has 0 aliphatic carbocycles. The first kappa shape index (κ1) is 17.8. The molecular formula is C17H30N4O2. The maximum atomic E-state index is 12.1. The number of piperidine rings is 1. The van der Waals surface area contributed by atoms with Crippen LogP contribution in [0.25, 0.3) is 0 Å². The molecule has 2 rings (SSSR count). The molecule has 130 valence electrons. The van der Waals surface area contributed by atoms with Crippen molar-refractivity contribution in [2.45, 2.75) is 52.2 Å². The molecular weight excluding hydrogens is 292 g/mol. The molecule has 0 saturated carbocycles. The van der Waals surface area contributed by atoms with Gasteiger partial charge in [0.1, 0.15) is 5.60 Å². The number of rotatable bonds is 4. The highest BCUT2D eigenvalue weighted by atomic mass is 16.6. The fourth-order valence-electron chi connectivity index (χ4n) is 2.77. The maximum Gasteiger partial charge on any atom is 0.410 e. The number of aromatic nitrogens is 2. The molecule has 23 heavy (non-hydrogen) atoms. The van der Waals surface area contributed by atoms with Crippen molar-refractivity contribution in [2.75, 3.05) is 19.6 Å². The van der Waals surface area contributed by atoms with Gasteiger partial charge in [0.2, 0.25) is 0 Å². The van der Waals surface area contributed by atoms with Crippen LogP contribution in [0, 0.1) is 5.92 Å². The lowest BCUT2D eigenvalue weighted by molar-refractivity contribution is 0.0183. The predicted molar refractivity (Wildman–Crippen MR) is 90.2 cm³/mol. The fourth-order valence-corrected chi connectivity index (χ4v) is 2.77. The van der Waals surface area contributed by atoms with Gasteiger partial charge < -0.3 is 15.0 Å². The van der Waals surface area contributed by atoms with Crippen molar-refractivity contribution in [2.24, 2.45) is 13.0 Å². The Balaban J connectivity index is 1.71. The highest BCUT2D eigenvalue weighted by molar-refractivity contribution is 5.68. The monoisotopic (exact) mass is 322 g/mol. The molecule has 0 unspecified atom stereocenters. The lowest BCUT2D eigenvalue weighted by Crippen LogP contribution is -2.43. The molecule has 1 N–H and O–H groups in total. The minimum Gasteiger partial charge on any atom is -0.444 e. The Bertz CT molecular complexity index is 513. The molecule has 1 aromatic heterocycles. The van der Waals surface area contributed by atoms with Crippen LogP contribution in [0.5, 0.6) is 0 Å². The second-order valence-electron chi connectivity index (χ2n) is 7.49. The molecule has 0 bridgehead atoms. The summed E-state index contributed by atoms with van der Waals surface area (Å²) in [6.07, 6.45) is 5.80. The second-order valence-corrected chi connectivity index (χ2v) is 7.49. The standard InChI is InChI=1S/C17H30N4O2/c1-13(15-11-19-20(5)12-15)18-10-14-6-8-21(9-7-14)16(22)23-17(2,3)4/h11-14,18H,6-10H2,1-5H3/t13-/m0/s1. The van der Waals surface area contributed by atoms with Crippen molar-refractivity contribution in [3.63, 3.8) is 0 Å². The summed E-state index contributed by atoms with van der Waals surface area (Å²) in [5.74, 6) is 0.604. The van der Waals surface area contributed by atoms with E-state index in [1.54, 1.807) is 0 Å². The highest BCUT2D eigenvalue weighted by Crippen LogP contribution is 2.20. The van der Waals surface area contributed by atoms with Crippen molar-refractivity contribution in [1.29, 1.82) is 0 Å². The summed E-state index contributed by atoms with van der Waals surface area (Å²) in [6, 6.07) is 0.299. The van der Waals surface area contributed by atoms with Gasteiger partial charge in [-0.1, -0.05) is 0 Å². The normalized spacial score (nSPS) is 18.0. The van der Waals surface area contributed by atoms with Gasteiger partial charge in [0.25, 0.3) is 0 Å². The van der Waals surface area contributed by atoms with Gasteiger partial charge in [-0.25, -0.2) is 4.79 Å². The molecule has 0 spiro atoms. The molecule has 6 heteroatoms. The van der Waals surface area contributed by atoms with Gasteiger partial charge in [0, 0.05) is 37.9 Å². The van der Waals surface area contributed by atoms with Crippen LogP contribution < -0.4 is 5.32 Å². The maximum absolute atomic E-state index is 12.1. The number of carbonyl (C=O) groups excluding carboxylic acids is 1. The molecule has 0 radical (unpaired) electrons. The summed E-state index contributed by atoms with van der Waals surface area (Å²) in [6.45, 7) is 10.4. The second kappa shape index (κ2) is 7.34. The molecule has 1 saturated heterocycles. The number of nitrogens with one attached hydrogen (secondary N) is 1. The molecule has 1 atom stereocenters. The van der Waals surface area contributed by atoms with E-state index in [0.29, 0.717) is 12.0 Å². The number of hydrogen-bond acceptors (Lipinski definition) is 4. The minimum absolute atomic E-state index is 0.187. The van der Waals surface area contributed by atoms with Gasteiger partial charge >= 0.3 is 6.09 Å². The van der Waals surface area contributed by atoms with Gasteiger partial charge in [0.15, 0.2) is 0 Å². The van der Waals surface area contributed by atoms with E-state index in [2.05, 4.69) is 17.3 Å². The van der Waals surface area contributed by atoms with Gasteiger partial charge in [0.05, 0.1) is 6.20 Å². The number of carbonyl (C=O) groups is 1. The van der Waals surface area contributed by atoms with Crippen LogP contribution in [0.15, 0.2) is 12.4 Å². The van der Waals surface area contributed by atoms with E-state index in [1.807, 2.05) is 49.8 Å². The Morgan fingerprint density at radius 3 is 2.61 bits per heavy atom. The first-order chi connectivity index (χ1) is 10.7. The van der Waals surface area contributed by atoms with Crippen LogP contribution >= 0.6 is 0 Å². The van der Waals surface area contributed by atoms with E-state index in [0.717, 1.165) is 32.5 Å². The molecule has 1 aromatic rings. The van der Waals surface area contributed by atoms with Crippen LogP contribution in [-0.2, 0) is 11.8 Å². The SMILES string of the molecule is C[C@H](NCC1CCN(C(=O)OC(C)(C)C)CC1)c1cnn(C)c1. The third kappa shape index (κ3) is 5.53. The fraction of sp³-hybridized carbons (Fsp3) is 0.765. The molecule has 1 fully saturated rings. The lowest BCUT2D eigenvalue weighted by atomic mass is 9.96. The van der Waals surface area contributed by atoms with Crippen molar-refractivity contribution < 1.29 is 9.53 Å². The van der Waals surface area contributed by atoms with Gasteiger partial charge in [-0.15, -0.1) is 0 Å². The van der Waals surface area contributed by atoms with Crippen LogP contribution in [0.3, 0.4) is 0 Å². The van der Waals surface area contributed by atoms with Crippen molar-refractivity contribution in [3.8, 4) is 0 Å². The zero-order valence-corrected chi connectivity index (χ0v) is 15.0. The van der Waals surface area contributed by atoms with E-state index >= 15 is 0 Å². The van der Waals surface area contributed by atoms with E-state index in [4.69, 9.17) is 4.74 Å². The minimum atomic E-state index is -0.422. The Hall–Kier alpha value is -1.56. The van der Waals surface area contributed by atoms with Crippen molar-refractivity contribution in [3.05, 3.63) is 18.0 Å². The summed E-state index contributed by atoms with van der Waals surface area (Å²) in [4.78, 5) is 13.9. The Labute approximate surface area is 139 Å². The van der Waals surface area contributed by atoms with E-state index in [1.165, 1.54) is 5.56 Å². The molecule has 6 nitrogen and oxygen atoms in total.